The molecule has 1 aliphatic rings. The van der Waals surface area contributed by atoms with Crippen LogP contribution in [0.5, 0.6) is 0 Å². The van der Waals surface area contributed by atoms with Crippen molar-refractivity contribution in [3.63, 3.8) is 0 Å². The SMILES string of the molecule is N#Cc1ccc(NCC(=O)N2CCN(Cc3cccc4cccnc34)CC2)cc1. The number of nitrogens with zero attached hydrogens (tertiary/aromatic N) is 4. The maximum atomic E-state index is 12.5. The third kappa shape index (κ3) is 4.53. The van der Waals surface area contributed by atoms with Crippen LogP contribution in [0, 0.1) is 11.3 Å². The number of anilines is 1. The summed E-state index contributed by atoms with van der Waals surface area (Å²) in [4.78, 5) is 21.3. The molecule has 6 nitrogen and oxygen atoms in total. The van der Waals surface area contributed by atoms with Crippen LogP contribution < -0.4 is 5.32 Å². The highest BCUT2D eigenvalue weighted by atomic mass is 16.2. The largest absolute Gasteiger partial charge is 0.376 e. The molecular weight excluding hydrogens is 362 g/mol. The van der Waals surface area contributed by atoms with Gasteiger partial charge in [-0.2, -0.15) is 5.26 Å². The van der Waals surface area contributed by atoms with Crippen molar-refractivity contribution in [2.24, 2.45) is 0 Å². The van der Waals surface area contributed by atoms with E-state index in [-0.39, 0.29) is 12.5 Å². The summed E-state index contributed by atoms with van der Waals surface area (Å²) in [5.41, 5.74) is 3.74. The molecule has 0 radical (unpaired) electrons. The zero-order valence-corrected chi connectivity index (χ0v) is 16.2. The molecule has 3 aromatic rings. The molecule has 0 bridgehead atoms. The Balaban J connectivity index is 1.28. The number of benzene rings is 2. The Labute approximate surface area is 170 Å². The standard InChI is InChI=1S/C23H23N5O/c24-15-18-6-8-21(9-7-18)26-16-22(29)28-13-11-27(12-14-28)17-20-4-1-3-19-5-2-10-25-23(19)20/h1-10,26H,11-14,16-17H2. The van der Waals surface area contributed by atoms with Gasteiger partial charge in [0.15, 0.2) is 0 Å². The first-order valence-electron chi connectivity index (χ1n) is 9.80. The Bertz CT molecular complexity index is 1030. The summed E-state index contributed by atoms with van der Waals surface area (Å²) in [6.07, 6.45) is 1.84. The van der Waals surface area contributed by atoms with Gasteiger partial charge in [0.1, 0.15) is 0 Å². The molecule has 146 valence electrons. The first kappa shape index (κ1) is 18.9. The highest BCUT2D eigenvalue weighted by molar-refractivity contribution is 5.82. The smallest absolute Gasteiger partial charge is 0.241 e. The van der Waals surface area contributed by atoms with E-state index >= 15 is 0 Å². The highest BCUT2D eigenvalue weighted by Crippen LogP contribution is 2.18. The van der Waals surface area contributed by atoms with Gasteiger partial charge in [0, 0.05) is 50.0 Å². The van der Waals surface area contributed by atoms with E-state index in [1.165, 1.54) is 5.56 Å². The molecule has 2 heterocycles. The fraction of sp³-hybridized carbons (Fsp3) is 0.261. The van der Waals surface area contributed by atoms with Gasteiger partial charge in [-0.05, 0) is 35.9 Å². The molecule has 1 aliphatic heterocycles. The maximum absolute atomic E-state index is 12.5. The van der Waals surface area contributed by atoms with Crippen LogP contribution in [0.2, 0.25) is 0 Å². The number of fused-ring (bicyclic) bond motifs is 1. The van der Waals surface area contributed by atoms with E-state index in [0.717, 1.165) is 49.3 Å². The van der Waals surface area contributed by atoms with E-state index in [1.807, 2.05) is 29.3 Å². The van der Waals surface area contributed by atoms with Gasteiger partial charge in [-0.1, -0.05) is 24.3 Å². The number of carbonyl (C=O) groups is 1. The van der Waals surface area contributed by atoms with Gasteiger partial charge in [-0.15, -0.1) is 0 Å². The number of hydrogen-bond acceptors (Lipinski definition) is 5. The summed E-state index contributed by atoms with van der Waals surface area (Å²) in [6.45, 7) is 4.27. The fourth-order valence-corrected chi connectivity index (χ4v) is 3.64. The summed E-state index contributed by atoms with van der Waals surface area (Å²) in [7, 11) is 0. The average molecular weight is 385 g/mol. The molecule has 1 N–H and O–H groups in total. The first-order chi connectivity index (χ1) is 14.2. The zero-order valence-electron chi connectivity index (χ0n) is 16.2. The zero-order chi connectivity index (χ0) is 20.1. The highest BCUT2D eigenvalue weighted by Gasteiger charge is 2.21. The predicted molar refractivity (Wildman–Crippen MR) is 113 cm³/mol. The minimum atomic E-state index is 0.0980. The molecule has 0 spiro atoms. The van der Waals surface area contributed by atoms with E-state index in [0.29, 0.717) is 5.56 Å². The molecular formula is C23H23N5O. The molecule has 6 heteroatoms. The number of amides is 1. The molecule has 1 amide bonds. The minimum absolute atomic E-state index is 0.0980. The number of nitriles is 1. The molecule has 0 atom stereocenters. The number of nitrogens with one attached hydrogen (secondary N) is 1. The molecule has 29 heavy (non-hydrogen) atoms. The molecule has 1 saturated heterocycles. The van der Waals surface area contributed by atoms with E-state index < -0.39 is 0 Å². The van der Waals surface area contributed by atoms with E-state index in [9.17, 15) is 4.79 Å². The Hall–Kier alpha value is -3.43. The van der Waals surface area contributed by atoms with Gasteiger partial charge in [0.2, 0.25) is 5.91 Å². The number of rotatable bonds is 5. The van der Waals surface area contributed by atoms with Crippen LogP contribution >= 0.6 is 0 Å². The van der Waals surface area contributed by atoms with Crippen molar-refractivity contribution >= 4 is 22.5 Å². The van der Waals surface area contributed by atoms with Crippen molar-refractivity contribution in [1.82, 2.24) is 14.8 Å². The van der Waals surface area contributed by atoms with Crippen LogP contribution in [-0.2, 0) is 11.3 Å². The van der Waals surface area contributed by atoms with Crippen molar-refractivity contribution in [2.75, 3.05) is 38.0 Å². The number of pyridine rings is 1. The molecule has 0 saturated carbocycles. The Kier molecular flexibility index (Phi) is 5.68. The molecule has 0 aliphatic carbocycles. The van der Waals surface area contributed by atoms with Crippen LogP contribution in [0.1, 0.15) is 11.1 Å². The van der Waals surface area contributed by atoms with E-state index in [4.69, 9.17) is 5.26 Å². The van der Waals surface area contributed by atoms with Crippen LogP contribution in [0.4, 0.5) is 5.69 Å². The number of hydrogen-bond donors (Lipinski definition) is 1. The van der Waals surface area contributed by atoms with Gasteiger partial charge >= 0.3 is 0 Å². The fourth-order valence-electron chi connectivity index (χ4n) is 3.64. The van der Waals surface area contributed by atoms with Crippen molar-refractivity contribution in [3.05, 3.63) is 71.9 Å². The quantitative estimate of drug-likeness (QED) is 0.731. The molecule has 1 fully saturated rings. The Morgan fingerprint density at radius 3 is 2.55 bits per heavy atom. The lowest BCUT2D eigenvalue weighted by molar-refractivity contribution is -0.131. The van der Waals surface area contributed by atoms with Crippen molar-refractivity contribution in [1.29, 1.82) is 5.26 Å². The molecule has 4 rings (SSSR count). The normalized spacial score (nSPS) is 14.5. The van der Waals surface area contributed by atoms with Gasteiger partial charge in [-0.3, -0.25) is 14.7 Å². The van der Waals surface area contributed by atoms with Crippen LogP contribution in [0.25, 0.3) is 10.9 Å². The second kappa shape index (κ2) is 8.72. The summed E-state index contributed by atoms with van der Waals surface area (Å²) in [6, 6.07) is 19.6. The average Bonchev–Trinajstić information content (AvgIpc) is 2.78. The van der Waals surface area contributed by atoms with Crippen LogP contribution in [0.3, 0.4) is 0 Å². The number of para-hydroxylation sites is 1. The number of piperazine rings is 1. The lowest BCUT2D eigenvalue weighted by Crippen LogP contribution is -2.49. The third-order valence-corrected chi connectivity index (χ3v) is 5.29. The lowest BCUT2D eigenvalue weighted by Gasteiger charge is -2.35. The van der Waals surface area contributed by atoms with Gasteiger partial charge in [0.05, 0.1) is 23.7 Å². The summed E-state index contributed by atoms with van der Waals surface area (Å²) < 4.78 is 0. The molecule has 2 aromatic carbocycles. The van der Waals surface area contributed by atoms with Crippen molar-refractivity contribution < 1.29 is 4.79 Å². The molecule has 0 unspecified atom stereocenters. The van der Waals surface area contributed by atoms with Crippen LogP contribution in [-0.4, -0.2) is 53.4 Å². The number of carbonyl (C=O) groups excluding carboxylic acids is 1. The molecule has 1 aromatic heterocycles. The number of aromatic nitrogens is 1. The summed E-state index contributed by atoms with van der Waals surface area (Å²) in [5, 5.41) is 13.1. The van der Waals surface area contributed by atoms with E-state index in [1.54, 1.807) is 12.1 Å². The topological polar surface area (TPSA) is 72.3 Å². The summed E-state index contributed by atoms with van der Waals surface area (Å²) >= 11 is 0. The first-order valence-corrected chi connectivity index (χ1v) is 9.80. The van der Waals surface area contributed by atoms with Gasteiger partial charge in [-0.25, -0.2) is 0 Å². The van der Waals surface area contributed by atoms with E-state index in [2.05, 4.69) is 45.5 Å². The van der Waals surface area contributed by atoms with Crippen LogP contribution in [0.15, 0.2) is 60.8 Å². The van der Waals surface area contributed by atoms with Gasteiger partial charge < -0.3 is 10.2 Å². The lowest BCUT2D eigenvalue weighted by atomic mass is 10.1. The second-order valence-corrected chi connectivity index (χ2v) is 7.19. The van der Waals surface area contributed by atoms with Crippen molar-refractivity contribution in [2.45, 2.75) is 6.54 Å². The Morgan fingerprint density at radius 1 is 1.03 bits per heavy atom. The third-order valence-electron chi connectivity index (χ3n) is 5.29. The van der Waals surface area contributed by atoms with Gasteiger partial charge in [0.25, 0.3) is 0 Å². The second-order valence-electron chi connectivity index (χ2n) is 7.19. The minimum Gasteiger partial charge on any atom is -0.376 e. The predicted octanol–water partition coefficient (Wildman–Crippen LogP) is 2.86. The maximum Gasteiger partial charge on any atom is 0.241 e. The van der Waals surface area contributed by atoms with Crippen molar-refractivity contribution in [3.8, 4) is 6.07 Å². The monoisotopic (exact) mass is 385 g/mol. The Morgan fingerprint density at radius 2 is 1.79 bits per heavy atom. The summed E-state index contributed by atoms with van der Waals surface area (Å²) in [5.74, 6) is 0.0980.